The molecule has 28 heavy (non-hydrogen) atoms. The predicted molar refractivity (Wildman–Crippen MR) is 106 cm³/mol. The number of aromatic nitrogens is 1. The van der Waals surface area contributed by atoms with Gasteiger partial charge in [0.15, 0.2) is 0 Å². The second-order valence-electron chi connectivity index (χ2n) is 6.79. The molecule has 4 rings (SSSR count). The molecule has 8 nitrogen and oxygen atoms in total. The second kappa shape index (κ2) is 7.24. The predicted octanol–water partition coefficient (Wildman–Crippen LogP) is 2.80. The van der Waals surface area contributed by atoms with Crippen LogP contribution < -0.4 is 10.7 Å². The Hall–Kier alpha value is -3.52. The van der Waals surface area contributed by atoms with Crippen LogP contribution in [0.5, 0.6) is 0 Å². The zero-order valence-electron chi connectivity index (χ0n) is 15.2. The van der Waals surface area contributed by atoms with Gasteiger partial charge in [0.1, 0.15) is 0 Å². The van der Waals surface area contributed by atoms with Crippen LogP contribution in [0.15, 0.2) is 53.6 Å². The lowest BCUT2D eigenvalue weighted by Crippen LogP contribution is -2.47. The van der Waals surface area contributed by atoms with Crippen LogP contribution in [0.2, 0.25) is 0 Å². The van der Waals surface area contributed by atoms with Gasteiger partial charge in [-0.05, 0) is 42.7 Å². The van der Waals surface area contributed by atoms with Gasteiger partial charge in [0.25, 0.3) is 11.6 Å². The van der Waals surface area contributed by atoms with Gasteiger partial charge in [0, 0.05) is 34.8 Å². The molecule has 0 saturated carbocycles. The number of hydrogen-bond acceptors (Lipinski definition) is 5. The van der Waals surface area contributed by atoms with Crippen molar-refractivity contribution in [2.24, 2.45) is 5.10 Å². The Balaban J connectivity index is 1.45. The Morgan fingerprint density at radius 2 is 2.00 bits per heavy atom. The molecule has 2 aromatic carbocycles. The summed E-state index contributed by atoms with van der Waals surface area (Å²) in [5.74, 6) is -0.221. The molecule has 1 aliphatic heterocycles. The minimum Gasteiger partial charge on any atom is -0.357 e. The van der Waals surface area contributed by atoms with Gasteiger partial charge < -0.3 is 4.98 Å². The summed E-state index contributed by atoms with van der Waals surface area (Å²) in [6.07, 6.45) is 2.04. The van der Waals surface area contributed by atoms with E-state index in [0.29, 0.717) is 12.0 Å². The topological polar surface area (TPSA) is 112 Å². The lowest BCUT2D eigenvalue weighted by Gasteiger charge is -2.27. The Morgan fingerprint density at radius 1 is 1.25 bits per heavy atom. The highest BCUT2D eigenvalue weighted by Gasteiger charge is 2.30. The third kappa shape index (κ3) is 3.37. The summed E-state index contributed by atoms with van der Waals surface area (Å²) < 4.78 is 0. The molecular formula is C20H19N5O3. The van der Waals surface area contributed by atoms with Crippen molar-refractivity contribution in [3.63, 3.8) is 0 Å². The van der Waals surface area contributed by atoms with E-state index in [0.717, 1.165) is 22.2 Å². The van der Waals surface area contributed by atoms with Crippen molar-refractivity contribution < 1.29 is 9.72 Å². The number of non-ortho nitro benzene ring substituents is 1. The zero-order valence-corrected chi connectivity index (χ0v) is 15.2. The van der Waals surface area contributed by atoms with Crippen molar-refractivity contribution in [2.75, 3.05) is 0 Å². The third-order valence-corrected chi connectivity index (χ3v) is 4.95. The molecule has 2 heterocycles. The standard InChI is InChI=1S/C20H19N5O3/c1-12-19-16(15-4-2-3-5-17(15)23-19)10-18(22-12)20(26)24-21-11-13-6-8-14(9-7-13)25(27)28/h2-9,11-12,18,22-23H,10H2,1H3,(H,24,26)/b21-11+. The van der Waals surface area contributed by atoms with Crippen molar-refractivity contribution in [3.05, 3.63) is 75.5 Å². The van der Waals surface area contributed by atoms with Crippen LogP contribution in [-0.2, 0) is 11.2 Å². The van der Waals surface area contributed by atoms with Gasteiger partial charge in [0.2, 0.25) is 0 Å². The average molecular weight is 377 g/mol. The highest BCUT2D eigenvalue weighted by atomic mass is 16.6. The summed E-state index contributed by atoms with van der Waals surface area (Å²) in [7, 11) is 0. The van der Waals surface area contributed by atoms with E-state index in [1.807, 2.05) is 25.1 Å². The number of benzene rings is 2. The molecule has 0 spiro atoms. The highest BCUT2D eigenvalue weighted by Crippen LogP contribution is 2.31. The first kappa shape index (κ1) is 17.9. The maximum Gasteiger partial charge on any atom is 0.269 e. The molecule has 2 unspecified atom stereocenters. The molecule has 0 aliphatic carbocycles. The fraction of sp³-hybridized carbons (Fsp3) is 0.200. The Kier molecular flexibility index (Phi) is 4.62. The number of aromatic amines is 1. The molecule has 1 aromatic heterocycles. The number of para-hydroxylation sites is 1. The minimum absolute atomic E-state index is 0.0103. The molecule has 0 bridgehead atoms. The van der Waals surface area contributed by atoms with Crippen LogP contribution in [0.4, 0.5) is 5.69 Å². The first-order chi connectivity index (χ1) is 13.5. The monoisotopic (exact) mass is 377 g/mol. The Bertz CT molecular complexity index is 1070. The normalized spacial score (nSPS) is 18.9. The van der Waals surface area contributed by atoms with E-state index in [9.17, 15) is 14.9 Å². The van der Waals surface area contributed by atoms with Crippen molar-refractivity contribution in [2.45, 2.75) is 25.4 Å². The smallest absolute Gasteiger partial charge is 0.269 e. The Morgan fingerprint density at radius 3 is 2.75 bits per heavy atom. The average Bonchev–Trinajstić information content (AvgIpc) is 3.08. The van der Waals surface area contributed by atoms with E-state index in [1.54, 1.807) is 12.1 Å². The van der Waals surface area contributed by atoms with Crippen LogP contribution in [-0.4, -0.2) is 28.1 Å². The number of H-pyrrole nitrogens is 1. The third-order valence-electron chi connectivity index (χ3n) is 4.95. The van der Waals surface area contributed by atoms with E-state index in [4.69, 9.17) is 0 Å². The van der Waals surface area contributed by atoms with Gasteiger partial charge in [-0.1, -0.05) is 18.2 Å². The molecule has 8 heteroatoms. The van der Waals surface area contributed by atoms with Crippen LogP contribution in [0, 0.1) is 10.1 Å². The number of nitrogens with zero attached hydrogens (tertiary/aromatic N) is 2. The lowest BCUT2D eigenvalue weighted by molar-refractivity contribution is -0.384. The fourth-order valence-corrected chi connectivity index (χ4v) is 3.56. The number of carbonyl (C=O) groups is 1. The molecular weight excluding hydrogens is 358 g/mol. The number of nitro groups is 1. The second-order valence-corrected chi connectivity index (χ2v) is 6.79. The SMILES string of the molecule is CC1NC(C(=O)N/N=C/c2ccc([N+](=O)[O-])cc2)Cc2c1[nH]c1ccccc21. The number of hydrazone groups is 1. The van der Waals surface area contributed by atoms with Crippen LogP contribution >= 0.6 is 0 Å². The minimum atomic E-state index is -0.461. The summed E-state index contributed by atoms with van der Waals surface area (Å²) in [6, 6.07) is 13.6. The largest absolute Gasteiger partial charge is 0.357 e. The van der Waals surface area contributed by atoms with E-state index in [-0.39, 0.29) is 17.6 Å². The van der Waals surface area contributed by atoms with Crippen molar-refractivity contribution in [3.8, 4) is 0 Å². The number of carbonyl (C=O) groups excluding carboxylic acids is 1. The molecule has 0 saturated heterocycles. The number of nitrogens with one attached hydrogen (secondary N) is 3. The molecule has 0 fully saturated rings. The van der Waals surface area contributed by atoms with Crippen molar-refractivity contribution in [1.29, 1.82) is 0 Å². The molecule has 0 radical (unpaired) electrons. The summed E-state index contributed by atoms with van der Waals surface area (Å²) in [5, 5.41) is 19.1. The molecule has 142 valence electrons. The zero-order chi connectivity index (χ0) is 19.7. The summed E-state index contributed by atoms with van der Waals surface area (Å²) in [5.41, 5.74) is 6.56. The van der Waals surface area contributed by atoms with E-state index >= 15 is 0 Å². The Labute approximate surface area is 160 Å². The summed E-state index contributed by atoms with van der Waals surface area (Å²) >= 11 is 0. The molecule has 1 aliphatic rings. The van der Waals surface area contributed by atoms with Gasteiger partial charge >= 0.3 is 0 Å². The quantitative estimate of drug-likeness (QED) is 0.369. The maximum atomic E-state index is 12.6. The number of rotatable bonds is 4. The maximum absolute atomic E-state index is 12.6. The van der Waals surface area contributed by atoms with Crippen LogP contribution in [0.3, 0.4) is 0 Å². The van der Waals surface area contributed by atoms with E-state index in [2.05, 4.69) is 26.9 Å². The van der Waals surface area contributed by atoms with Gasteiger partial charge in [-0.25, -0.2) is 5.43 Å². The lowest BCUT2D eigenvalue weighted by atomic mass is 9.94. The number of hydrogen-bond donors (Lipinski definition) is 3. The number of fused-ring (bicyclic) bond motifs is 3. The van der Waals surface area contributed by atoms with Gasteiger partial charge in [-0.3, -0.25) is 20.2 Å². The van der Waals surface area contributed by atoms with Gasteiger partial charge in [0.05, 0.1) is 17.2 Å². The van der Waals surface area contributed by atoms with Gasteiger partial charge in [-0.15, -0.1) is 0 Å². The molecule has 1 amide bonds. The first-order valence-electron chi connectivity index (χ1n) is 8.96. The van der Waals surface area contributed by atoms with Gasteiger partial charge in [-0.2, -0.15) is 5.10 Å². The number of nitro benzene ring substituents is 1. The van der Waals surface area contributed by atoms with E-state index < -0.39 is 11.0 Å². The van der Waals surface area contributed by atoms with E-state index in [1.165, 1.54) is 18.3 Å². The highest BCUT2D eigenvalue weighted by molar-refractivity contribution is 5.89. The van der Waals surface area contributed by atoms with Crippen molar-refractivity contribution >= 4 is 28.7 Å². The summed E-state index contributed by atoms with van der Waals surface area (Å²) in [4.78, 5) is 26.2. The van der Waals surface area contributed by atoms with Crippen LogP contribution in [0.1, 0.15) is 29.8 Å². The molecule has 3 aromatic rings. The van der Waals surface area contributed by atoms with Crippen LogP contribution in [0.25, 0.3) is 10.9 Å². The first-order valence-corrected chi connectivity index (χ1v) is 8.96. The fourth-order valence-electron chi connectivity index (χ4n) is 3.56. The summed E-state index contributed by atoms with van der Waals surface area (Å²) in [6.45, 7) is 2.02. The molecule has 2 atom stereocenters. The number of amides is 1. The molecule has 3 N–H and O–H groups in total. The van der Waals surface area contributed by atoms with Crippen molar-refractivity contribution in [1.82, 2.24) is 15.7 Å².